The first-order chi connectivity index (χ1) is 9.67. The zero-order valence-corrected chi connectivity index (χ0v) is 11.7. The topological polar surface area (TPSA) is 70.8 Å². The molecule has 0 aliphatic rings. The van der Waals surface area contributed by atoms with Crippen LogP contribution in [0.1, 0.15) is 29.9 Å². The summed E-state index contributed by atoms with van der Waals surface area (Å²) in [6.07, 6.45) is 3.32. The average molecular weight is 268 g/mol. The number of rotatable bonds is 4. The first-order valence-corrected chi connectivity index (χ1v) is 6.28. The Kier molecular flexibility index (Phi) is 4.16. The van der Waals surface area contributed by atoms with Gasteiger partial charge in [-0.25, -0.2) is 0 Å². The lowest BCUT2D eigenvalue weighted by Gasteiger charge is -2.19. The van der Waals surface area contributed by atoms with E-state index in [1.807, 2.05) is 19.9 Å². The van der Waals surface area contributed by atoms with Gasteiger partial charge in [0.2, 0.25) is 0 Å². The highest BCUT2D eigenvalue weighted by Crippen LogP contribution is 2.31. The zero-order valence-electron chi connectivity index (χ0n) is 11.7. The minimum Gasteiger partial charge on any atom is -0.495 e. The Labute approximate surface area is 118 Å². The molecule has 5 nitrogen and oxygen atoms in total. The summed E-state index contributed by atoms with van der Waals surface area (Å²) in [4.78, 5) is 8.56. The lowest BCUT2D eigenvalue weighted by Crippen LogP contribution is -2.12. The van der Waals surface area contributed by atoms with Crippen LogP contribution in [0, 0.1) is 18.3 Å². The van der Waals surface area contributed by atoms with E-state index in [1.54, 1.807) is 31.6 Å². The largest absolute Gasteiger partial charge is 0.495 e. The number of ether oxygens (including phenoxy) is 1. The van der Waals surface area contributed by atoms with E-state index >= 15 is 0 Å². The average Bonchev–Trinajstić information content (AvgIpc) is 2.47. The lowest BCUT2D eigenvalue weighted by molar-refractivity contribution is 0.416. The van der Waals surface area contributed by atoms with E-state index < -0.39 is 0 Å². The van der Waals surface area contributed by atoms with Crippen LogP contribution in [-0.2, 0) is 0 Å². The molecule has 0 saturated carbocycles. The molecule has 1 aromatic carbocycles. The van der Waals surface area contributed by atoms with Crippen LogP contribution in [0.15, 0.2) is 30.6 Å². The Morgan fingerprint density at radius 3 is 2.70 bits per heavy atom. The molecular weight excluding hydrogens is 252 g/mol. The molecule has 20 heavy (non-hydrogen) atoms. The van der Waals surface area contributed by atoms with Crippen molar-refractivity contribution < 1.29 is 4.74 Å². The van der Waals surface area contributed by atoms with Gasteiger partial charge in [0.05, 0.1) is 35.8 Å². The number of para-hydroxylation sites is 1. The molecule has 1 aromatic heterocycles. The number of nitriles is 1. The van der Waals surface area contributed by atoms with Crippen LogP contribution >= 0.6 is 0 Å². The van der Waals surface area contributed by atoms with Gasteiger partial charge in [0.15, 0.2) is 0 Å². The molecule has 0 aliphatic heterocycles. The van der Waals surface area contributed by atoms with Gasteiger partial charge in [0.1, 0.15) is 11.8 Å². The van der Waals surface area contributed by atoms with Crippen LogP contribution in [0.25, 0.3) is 0 Å². The molecular formula is C15H16N4O. The SMILES string of the molecule is COc1cccc(C#N)c1NC(C)c1nccnc1C. The van der Waals surface area contributed by atoms with Crippen molar-refractivity contribution in [1.82, 2.24) is 9.97 Å². The van der Waals surface area contributed by atoms with Crippen LogP contribution in [0.2, 0.25) is 0 Å². The Morgan fingerprint density at radius 1 is 1.30 bits per heavy atom. The first-order valence-electron chi connectivity index (χ1n) is 6.28. The Balaban J connectivity index is 2.35. The molecule has 2 aromatic rings. The molecule has 2 rings (SSSR count). The fourth-order valence-electron chi connectivity index (χ4n) is 2.07. The molecule has 0 radical (unpaired) electrons. The molecule has 1 unspecified atom stereocenters. The van der Waals surface area contributed by atoms with Crippen molar-refractivity contribution in [3.63, 3.8) is 0 Å². The summed E-state index contributed by atoms with van der Waals surface area (Å²) in [5.74, 6) is 0.637. The minimum atomic E-state index is -0.0768. The molecule has 102 valence electrons. The third-order valence-electron chi connectivity index (χ3n) is 3.06. The van der Waals surface area contributed by atoms with Crippen molar-refractivity contribution in [3.05, 3.63) is 47.5 Å². The van der Waals surface area contributed by atoms with E-state index in [4.69, 9.17) is 4.74 Å². The molecule has 0 aliphatic carbocycles. The number of aromatic nitrogens is 2. The fourth-order valence-corrected chi connectivity index (χ4v) is 2.07. The van der Waals surface area contributed by atoms with Crippen LogP contribution in [0.5, 0.6) is 5.75 Å². The monoisotopic (exact) mass is 268 g/mol. The molecule has 0 spiro atoms. The molecule has 1 N–H and O–H groups in total. The highest BCUT2D eigenvalue weighted by atomic mass is 16.5. The van der Waals surface area contributed by atoms with Gasteiger partial charge in [-0.15, -0.1) is 0 Å². The summed E-state index contributed by atoms with van der Waals surface area (Å²) in [6.45, 7) is 3.89. The zero-order chi connectivity index (χ0) is 14.5. The molecule has 0 fully saturated rings. The van der Waals surface area contributed by atoms with E-state index in [0.717, 1.165) is 11.4 Å². The number of hydrogen-bond acceptors (Lipinski definition) is 5. The fraction of sp³-hybridized carbons (Fsp3) is 0.267. The number of methoxy groups -OCH3 is 1. The van der Waals surface area contributed by atoms with Gasteiger partial charge in [0.25, 0.3) is 0 Å². The predicted molar refractivity (Wildman–Crippen MR) is 76.5 cm³/mol. The van der Waals surface area contributed by atoms with Crippen LogP contribution in [0.4, 0.5) is 5.69 Å². The first kappa shape index (κ1) is 13.8. The summed E-state index contributed by atoms with van der Waals surface area (Å²) in [7, 11) is 1.58. The van der Waals surface area contributed by atoms with Gasteiger partial charge < -0.3 is 10.1 Å². The number of hydrogen-bond donors (Lipinski definition) is 1. The number of benzene rings is 1. The normalized spacial score (nSPS) is 11.5. The maximum atomic E-state index is 9.20. The van der Waals surface area contributed by atoms with E-state index in [9.17, 15) is 5.26 Å². The Hall–Kier alpha value is -2.61. The standard InChI is InChI=1S/C15H16N4O/c1-10-14(18-8-7-17-10)11(2)19-15-12(9-16)5-4-6-13(15)20-3/h4-8,11,19H,1-3H3. The van der Waals surface area contributed by atoms with Crippen LogP contribution in [0.3, 0.4) is 0 Å². The third kappa shape index (κ3) is 2.69. The molecule has 5 heteroatoms. The number of anilines is 1. The van der Waals surface area contributed by atoms with Gasteiger partial charge in [-0.2, -0.15) is 5.26 Å². The van der Waals surface area contributed by atoms with Crippen LogP contribution < -0.4 is 10.1 Å². The second-order valence-electron chi connectivity index (χ2n) is 4.39. The van der Waals surface area contributed by atoms with Crippen molar-refractivity contribution in [1.29, 1.82) is 5.26 Å². The summed E-state index contributed by atoms with van der Waals surface area (Å²) < 4.78 is 5.31. The molecule has 0 saturated heterocycles. The van der Waals surface area contributed by atoms with Crippen molar-refractivity contribution in [2.24, 2.45) is 0 Å². The van der Waals surface area contributed by atoms with Crippen molar-refractivity contribution in [2.75, 3.05) is 12.4 Å². The summed E-state index contributed by atoms with van der Waals surface area (Å²) in [5.41, 5.74) is 2.93. The quantitative estimate of drug-likeness (QED) is 0.923. The van der Waals surface area contributed by atoms with Gasteiger partial charge in [0, 0.05) is 12.4 Å². The predicted octanol–water partition coefficient (Wildman–Crippen LogP) is 2.84. The number of nitrogens with zero attached hydrogens (tertiary/aromatic N) is 3. The van der Waals surface area contributed by atoms with E-state index in [2.05, 4.69) is 21.4 Å². The second kappa shape index (κ2) is 6.02. The maximum absolute atomic E-state index is 9.20. The highest BCUT2D eigenvalue weighted by molar-refractivity contribution is 5.67. The minimum absolute atomic E-state index is 0.0768. The van der Waals surface area contributed by atoms with Gasteiger partial charge in [-0.05, 0) is 26.0 Å². The van der Waals surface area contributed by atoms with Gasteiger partial charge >= 0.3 is 0 Å². The van der Waals surface area contributed by atoms with E-state index in [1.165, 1.54) is 0 Å². The van der Waals surface area contributed by atoms with Gasteiger partial charge in [-0.3, -0.25) is 9.97 Å². The summed E-state index contributed by atoms with van der Waals surface area (Å²) in [5, 5.41) is 12.5. The van der Waals surface area contributed by atoms with E-state index in [0.29, 0.717) is 17.0 Å². The molecule has 0 bridgehead atoms. The smallest absolute Gasteiger partial charge is 0.143 e. The summed E-state index contributed by atoms with van der Waals surface area (Å²) in [6, 6.07) is 7.45. The van der Waals surface area contributed by atoms with Gasteiger partial charge in [-0.1, -0.05) is 6.07 Å². The van der Waals surface area contributed by atoms with E-state index in [-0.39, 0.29) is 6.04 Å². The van der Waals surface area contributed by atoms with Crippen molar-refractivity contribution in [2.45, 2.75) is 19.9 Å². The number of aryl methyl sites for hydroxylation is 1. The van der Waals surface area contributed by atoms with Crippen molar-refractivity contribution in [3.8, 4) is 11.8 Å². The third-order valence-corrected chi connectivity index (χ3v) is 3.06. The Morgan fingerprint density at radius 2 is 2.05 bits per heavy atom. The van der Waals surface area contributed by atoms with Crippen LogP contribution in [-0.4, -0.2) is 17.1 Å². The molecule has 0 amide bonds. The second-order valence-corrected chi connectivity index (χ2v) is 4.39. The highest BCUT2D eigenvalue weighted by Gasteiger charge is 2.15. The van der Waals surface area contributed by atoms with Crippen molar-refractivity contribution >= 4 is 5.69 Å². The lowest BCUT2D eigenvalue weighted by atomic mass is 10.1. The molecule has 1 atom stereocenters. The number of nitrogens with one attached hydrogen (secondary N) is 1. The Bertz CT molecular complexity index is 649. The summed E-state index contributed by atoms with van der Waals surface area (Å²) >= 11 is 0. The maximum Gasteiger partial charge on any atom is 0.143 e. The molecule has 1 heterocycles.